The maximum Gasteiger partial charge on any atom is 0.240 e. The average molecular weight is 237 g/mol. The largest absolute Gasteiger partial charge is 0.352 e. The molecule has 0 radical (unpaired) electrons. The molecule has 0 aromatic carbocycles. The summed E-state index contributed by atoms with van der Waals surface area (Å²) in [7, 11) is 1.91. The monoisotopic (exact) mass is 237 g/mol. The van der Waals surface area contributed by atoms with Gasteiger partial charge in [-0.05, 0) is 31.5 Å². The molecule has 0 fully saturated rings. The minimum absolute atomic E-state index is 0.0674. The number of nitrogens with one attached hydrogen (secondary N) is 2. The molecule has 96 valence electrons. The third kappa shape index (κ3) is 4.61. The molecular formula is C13H23N3O. The number of hydrogen-bond donors (Lipinski definition) is 2. The first-order valence-electron chi connectivity index (χ1n) is 6.11. The Hall–Kier alpha value is -1.29. The van der Waals surface area contributed by atoms with Gasteiger partial charge in [0.15, 0.2) is 0 Å². The van der Waals surface area contributed by atoms with Gasteiger partial charge in [-0.1, -0.05) is 13.8 Å². The van der Waals surface area contributed by atoms with E-state index in [1.165, 1.54) is 5.56 Å². The van der Waals surface area contributed by atoms with Gasteiger partial charge in [-0.25, -0.2) is 0 Å². The van der Waals surface area contributed by atoms with Crippen LogP contribution in [0.2, 0.25) is 0 Å². The highest BCUT2D eigenvalue weighted by Crippen LogP contribution is 2.02. The van der Waals surface area contributed by atoms with Crippen LogP contribution in [0.15, 0.2) is 18.5 Å². The van der Waals surface area contributed by atoms with E-state index in [0.29, 0.717) is 12.5 Å². The maximum atomic E-state index is 11.7. The Balaban J connectivity index is 2.44. The molecule has 0 aliphatic heterocycles. The van der Waals surface area contributed by atoms with Gasteiger partial charge < -0.3 is 15.2 Å². The molecule has 2 N–H and O–H groups in total. The van der Waals surface area contributed by atoms with Gasteiger partial charge >= 0.3 is 0 Å². The second kappa shape index (κ2) is 6.45. The Morgan fingerprint density at radius 1 is 1.41 bits per heavy atom. The van der Waals surface area contributed by atoms with Gasteiger partial charge in [-0.2, -0.15) is 0 Å². The first kappa shape index (κ1) is 13.8. The van der Waals surface area contributed by atoms with Crippen molar-refractivity contribution in [3.63, 3.8) is 0 Å². The average Bonchev–Trinajstić information content (AvgIpc) is 2.65. The van der Waals surface area contributed by atoms with Crippen molar-refractivity contribution < 1.29 is 4.79 Å². The first-order valence-corrected chi connectivity index (χ1v) is 6.11. The molecule has 1 heterocycles. The lowest BCUT2D eigenvalue weighted by Gasteiger charge is -2.17. The van der Waals surface area contributed by atoms with Gasteiger partial charge in [0.05, 0.1) is 0 Å². The third-order valence-corrected chi connectivity index (χ3v) is 2.91. The van der Waals surface area contributed by atoms with Crippen LogP contribution >= 0.6 is 0 Å². The molecule has 1 aromatic heterocycles. The quantitative estimate of drug-likeness (QED) is 0.785. The molecule has 17 heavy (non-hydrogen) atoms. The predicted octanol–water partition coefficient (Wildman–Crippen LogP) is 1.37. The van der Waals surface area contributed by atoms with Gasteiger partial charge in [0.2, 0.25) is 5.91 Å². The van der Waals surface area contributed by atoms with Gasteiger partial charge in [-0.15, -0.1) is 0 Å². The Bertz CT molecular complexity index is 357. The molecule has 1 rings (SSSR count). The number of carbonyl (C=O) groups is 1. The van der Waals surface area contributed by atoms with Crippen LogP contribution in [0.25, 0.3) is 0 Å². The molecule has 0 spiro atoms. The Labute approximate surface area is 103 Å². The van der Waals surface area contributed by atoms with E-state index in [0.717, 1.165) is 6.54 Å². The minimum Gasteiger partial charge on any atom is -0.352 e. The number of rotatable bonds is 6. The van der Waals surface area contributed by atoms with E-state index in [1.807, 2.05) is 37.0 Å². The first-order chi connectivity index (χ1) is 8.02. The molecule has 0 saturated carbocycles. The highest BCUT2D eigenvalue weighted by Gasteiger charge is 2.10. The molecule has 1 aromatic rings. The summed E-state index contributed by atoms with van der Waals surface area (Å²) in [5, 5.41) is 6.08. The molecule has 1 atom stereocenters. The van der Waals surface area contributed by atoms with Crippen LogP contribution in [0.3, 0.4) is 0 Å². The van der Waals surface area contributed by atoms with E-state index in [1.54, 1.807) is 0 Å². The highest BCUT2D eigenvalue weighted by atomic mass is 16.2. The van der Waals surface area contributed by atoms with Crippen molar-refractivity contribution in [2.75, 3.05) is 7.05 Å². The fourth-order valence-corrected chi connectivity index (χ4v) is 1.53. The van der Waals surface area contributed by atoms with E-state index in [4.69, 9.17) is 0 Å². The zero-order valence-electron chi connectivity index (χ0n) is 11.2. The van der Waals surface area contributed by atoms with Crippen LogP contribution in [-0.2, 0) is 17.9 Å². The molecule has 4 heteroatoms. The van der Waals surface area contributed by atoms with Crippen molar-refractivity contribution in [1.82, 2.24) is 15.2 Å². The molecular weight excluding hydrogens is 214 g/mol. The summed E-state index contributed by atoms with van der Waals surface area (Å²) < 4.78 is 1.91. The summed E-state index contributed by atoms with van der Waals surface area (Å²) in [6.07, 6.45) is 3.93. The van der Waals surface area contributed by atoms with E-state index in [-0.39, 0.29) is 11.9 Å². The summed E-state index contributed by atoms with van der Waals surface area (Å²) in [6.45, 7) is 7.46. The van der Waals surface area contributed by atoms with E-state index in [2.05, 4.69) is 24.5 Å². The number of nitrogens with zero attached hydrogens (tertiary/aromatic N) is 1. The number of hydrogen-bond acceptors (Lipinski definition) is 2. The van der Waals surface area contributed by atoms with Gasteiger partial charge in [0.25, 0.3) is 0 Å². The van der Waals surface area contributed by atoms with E-state index in [9.17, 15) is 4.79 Å². The fourth-order valence-electron chi connectivity index (χ4n) is 1.53. The topological polar surface area (TPSA) is 46.1 Å². The molecule has 0 aliphatic carbocycles. The number of amides is 1. The lowest BCUT2D eigenvalue weighted by molar-refractivity contribution is -0.122. The van der Waals surface area contributed by atoms with Gasteiger partial charge in [0.1, 0.15) is 6.54 Å². The smallest absolute Gasteiger partial charge is 0.240 e. The predicted molar refractivity (Wildman–Crippen MR) is 69.6 cm³/mol. The van der Waals surface area contributed by atoms with Crippen molar-refractivity contribution >= 4 is 5.91 Å². The van der Waals surface area contributed by atoms with Crippen LogP contribution in [0.4, 0.5) is 0 Å². The summed E-state index contributed by atoms with van der Waals surface area (Å²) >= 11 is 0. The van der Waals surface area contributed by atoms with Crippen LogP contribution < -0.4 is 10.6 Å². The molecule has 1 unspecified atom stereocenters. The molecule has 0 bridgehead atoms. The molecule has 4 nitrogen and oxygen atoms in total. The minimum atomic E-state index is 0.0674. The normalized spacial score (nSPS) is 12.8. The van der Waals surface area contributed by atoms with E-state index < -0.39 is 0 Å². The number of aromatic nitrogens is 1. The molecule has 1 amide bonds. The fraction of sp³-hybridized carbons (Fsp3) is 0.615. The SMILES string of the molecule is CNCc1ccn(CC(=O)NC(C)C(C)C)c1. The summed E-state index contributed by atoms with van der Waals surface area (Å²) in [5.74, 6) is 0.529. The van der Waals surface area contributed by atoms with Crippen LogP contribution in [0.1, 0.15) is 26.3 Å². The second-order valence-electron chi connectivity index (χ2n) is 4.82. The molecule has 0 aliphatic rings. The lowest BCUT2D eigenvalue weighted by atomic mass is 10.1. The summed E-state index contributed by atoms with van der Waals surface area (Å²) in [5.41, 5.74) is 1.19. The van der Waals surface area contributed by atoms with Crippen LogP contribution in [-0.4, -0.2) is 23.6 Å². The summed E-state index contributed by atoms with van der Waals surface area (Å²) in [4.78, 5) is 11.7. The molecule has 0 saturated heterocycles. The number of carbonyl (C=O) groups excluding carboxylic acids is 1. The zero-order valence-corrected chi connectivity index (χ0v) is 11.2. The third-order valence-electron chi connectivity index (χ3n) is 2.91. The Kier molecular flexibility index (Phi) is 5.22. The zero-order chi connectivity index (χ0) is 12.8. The van der Waals surface area contributed by atoms with Gasteiger partial charge in [-0.3, -0.25) is 4.79 Å². The maximum absolute atomic E-state index is 11.7. The highest BCUT2D eigenvalue weighted by molar-refractivity contribution is 5.76. The van der Waals surface area contributed by atoms with Crippen molar-refractivity contribution in [3.8, 4) is 0 Å². The Morgan fingerprint density at radius 3 is 2.71 bits per heavy atom. The van der Waals surface area contributed by atoms with Gasteiger partial charge in [0, 0.05) is 25.0 Å². The van der Waals surface area contributed by atoms with Crippen molar-refractivity contribution in [1.29, 1.82) is 0 Å². The van der Waals surface area contributed by atoms with Crippen LogP contribution in [0, 0.1) is 5.92 Å². The van der Waals surface area contributed by atoms with Crippen molar-refractivity contribution in [2.24, 2.45) is 5.92 Å². The van der Waals surface area contributed by atoms with Crippen molar-refractivity contribution in [3.05, 3.63) is 24.0 Å². The van der Waals surface area contributed by atoms with Crippen molar-refractivity contribution in [2.45, 2.75) is 39.9 Å². The lowest BCUT2D eigenvalue weighted by Crippen LogP contribution is -2.37. The van der Waals surface area contributed by atoms with Crippen LogP contribution in [0.5, 0.6) is 0 Å². The van der Waals surface area contributed by atoms with E-state index >= 15 is 0 Å². The second-order valence-corrected chi connectivity index (χ2v) is 4.82. The standard InChI is InChI=1S/C13H23N3O/c1-10(2)11(3)15-13(17)9-16-6-5-12(8-16)7-14-4/h5-6,8,10-11,14H,7,9H2,1-4H3,(H,15,17). The summed E-state index contributed by atoms with van der Waals surface area (Å²) in [6, 6.07) is 2.24. The Morgan fingerprint density at radius 2 is 2.12 bits per heavy atom.